The summed E-state index contributed by atoms with van der Waals surface area (Å²) >= 11 is 1.31. The largest absolute Gasteiger partial charge is 0.389 e. The molecule has 0 fully saturated rings. The van der Waals surface area contributed by atoms with Gasteiger partial charge in [-0.05, 0) is 36.1 Å². The number of thiophene rings is 1. The molecular formula is C12H11F4NS. The first-order valence-electron chi connectivity index (χ1n) is 5.36. The summed E-state index contributed by atoms with van der Waals surface area (Å²) < 4.78 is 50.1. The summed E-state index contributed by atoms with van der Waals surface area (Å²) in [7, 11) is 0. The maximum absolute atomic E-state index is 13.0. The molecule has 0 aliphatic carbocycles. The van der Waals surface area contributed by atoms with E-state index >= 15 is 0 Å². The lowest BCUT2D eigenvalue weighted by Crippen LogP contribution is -2.14. The highest BCUT2D eigenvalue weighted by Gasteiger charge is 2.28. The van der Waals surface area contributed by atoms with Crippen LogP contribution in [0.4, 0.5) is 17.6 Å². The number of benzene rings is 1. The van der Waals surface area contributed by atoms with Crippen LogP contribution in [0.1, 0.15) is 23.8 Å². The zero-order valence-corrected chi connectivity index (χ0v) is 10.1. The Morgan fingerprint density at radius 1 is 1.22 bits per heavy atom. The number of hydrogen-bond donors (Lipinski definition) is 1. The molecule has 1 unspecified atom stereocenters. The summed E-state index contributed by atoms with van der Waals surface area (Å²) in [4.78, 5) is 0.653. The Bertz CT molecular complexity index is 546. The standard InChI is InChI=1S/C12H11F4NS/c13-8-1-2-10-7(5-8)6-11(18-10)9(17)3-4-12(14,15)16/h1-2,5-6,9H,3-4,17H2. The van der Waals surface area contributed by atoms with Crippen LogP contribution in [0, 0.1) is 5.82 Å². The molecule has 0 bridgehead atoms. The molecule has 1 aromatic heterocycles. The van der Waals surface area contributed by atoms with Gasteiger partial charge in [0.25, 0.3) is 0 Å². The summed E-state index contributed by atoms with van der Waals surface area (Å²) in [6.45, 7) is 0. The average molecular weight is 277 g/mol. The van der Waals surface area contributed by atoms with Gasteiger partial charge in [-0.3, -0.25) is 0 Å². The molecule has 0 amide bonds. The lowest BCUT2D eigenvalue weighted by atomic mass is 10.1. The van der Waals surface area contributed by atoms with Gasteiger partial charge in [-0.25, -0.2) is 4.39 Å². The summed E-state index contributed by atoms with van der Waals surface area (Å²) in [6.07, 6.45) is -5.25. The van der Waals surface area contributed by atoms with Gasteiger partial charge in [-0.15, -0.1) is 11.3 Å². The van der Waals surface area contributed by atoms with E-state index in [1.54, 1.807) is 12.1 Å². The molecular weight excluding hydrogens is 266 g/mol. The van der Waals surface area contributed by atoms with Crippen molar-refractivity contribution in [2.24, 2.45) is 5.73 Å². The zero-order valence-electron chi connectivity index (χ0n) is 9.30. The maximum atomic E-state index is 13.0. The Morgan fingerprint density at radius 2 is 1.94 bits per heavy atom. The predicted octanol–water partition coefficient (Wildman–Crippen LogP) is 4.38. The molecule has 0 spiro atoms. The summed E-state index contributed by atoms with van der Waals surface area (Å²) in [6, 6.07) is 5.28. The fraction of sp³-hybridized carbons (Fsp3) is 0.333. The lowest BCUT2D eigenvalue weighted by Gasteiger charge is -2.11. The summed E-state index contributed by atoms with van der Waals surface area (Å²) in [5.74, 6) is -0.365. The first-order valence-corrected chi connectivity index (χ1v) is 6.18. The van der Waals surface area contributed by atoms with Crippen molar-refractivity contribution in [3.8, 4) is 0 Å². The van der Waals surface area contributed by atoms with E-state index in [-0.39, 0.29) is 12.2 Å². The second-order valence-corrected chi connectivity index (χ2v) is 5.21. The van der Waals surface area contributed by atoms with Crippen LogP contribution in [0.3, 0.4) is 0 Å². The first-order chi connectivity index (χ1) is 8.35. The molecule has 0 saturated heterocycles. The molecule has 0 aliphatic heterocycles. The minimum absolute atomic E-state index is 0.154. The van der Waals surface area contributed by atoms with E-state index in [0.29, 0.717) is 10.3 Å². The van der Waals surface area contributed by atoms with Crippen LogP contribution in [0.5, 0.6) is 0 Å². The maximum Gasteiger partial charge on any atom is 0.389 e. The van der Waals surface area contributed by atoms with Gasteiger partial charge in [0.1, 0.15) is 5.82 Å². The molecule has 0 radical (unpaired) electrons. The van der Waals surface area contributed by atoms with Crippen molar-refractivity contribution in [1.82, 2.24) is 0 Å². The number of fused-ring (bicyclic) bond motifs is 1. The fourth-order valence-corrected chi connectivity index (χ4v) is 2.76. The molecule has 0 saturated carbocycles. The molecule has 2 aromatic rings. The molecule has 1 nitrogen and oxygen atoms in total. The van der Waals surface area contributed by atoms with Crippen molar-refractivity contribution < 1.29 is 17.6 Å². The van der Waals surface area contributed by atoms with Crippen LogP contribution in [0.25, 0.3) is 10.1 Å². The number of rotatable bonds is 3. The van der Waals surface area contributed by atoms with Crippen LogP contribution >= 0.6 is 11.3 Å². The molecule has 2 N–H and O–H groups in total. The van der Waals surface area contributed by atoms with E-state index < -0.39 is 18.6 Å². The highest BCUT2D eigenvalue weighted by molar-refractivity contribution is 7.19. The second-order valence-electron chi connectivity index (χ2n) is 4.09. The SMILES string of the molecule is NC(CCC(F)(F)F)c1cc2cc(F)ccc2s1. The van der Waals surface area contributed by atoms with Gasteiger partial charge in [0.15, 0.2) is 0 Å². The van der Waals surface area contributed by atoms with Crippen molar-refractivity contribution >= 4 is 21.4 Å². The molecule has 0 aliphatic rings. The highest BCUT2D eigenvalue weighted by atomic mass is 32.1. The molecule has 18 heavy (non-hydrogen) atoms. The van der Waals surface area contributed by atoms with Crippen molar-refractivity contribution in [2.45, 2.75) is 25.1 Å². The van der Waals surface area contributed by atoms with Crippen molar-refractivity contribution in [1.29, 1.82) is 0 Å². The van der Waals surface area contributed by atoms with E-state index in [1.165, 1.54) is 23.5 Å². The summed E-state index contributed by atoms with van der Waals surface area (Å²) in [5.41, 5.74) is 5.72. The smallest absolute Gasteiger partial charge is 0.323 e. The monoisotopic (exact) mass is 277 g/mol. The van der Waals surface area contributed by atoms with E-state index in [2.05, 4.69) is 0 Å². The molecule has 98 valence electrons. The Hall–Kier alpha value is -1.14. The van der Waals surface area contributed by atoms with Gasteiger partial charge in [0.2, 0.25) is 0 Å². The molecule has 2 rings (SSSR count). The summed E-state index contributed by atoms with van der Waals surface area (Å²) in [5, 5.41) is 0.678. The quantitative estimate of drug-likeness (QED) is 0.828. The lowest BCUT2D eigenvalue weighted by molar-refractivity contribution is -0.136. The van der Waals surface area contributed by atoms with Gasteiger partial charge < -0.3 is 5.73 Å². The Morgan fingerprint density at radius 3 is 2.61 bits per heavy atom. The highest BCUT2D eigenvalue weighted by Crippen LogP contribution is 2.33. The molecule has 6 heteroatoms. The van der Waals surface area contributed by atoms with Gasteiger partial charge >= 0.3 is 6.18 Å². The Balaban J connectivity index is 2.15. The molecule has 1 aromatic carbocycles. The number of halogens is 4. The van der Waals surface area contributed by atoms with Gasteiger partial charge in [-0.2, -0.15) is 13.2 Å². The van der Waals surface area contributed by atoms with E-state index in [0.717, 1.165) is 4.70 Å². The van der Waals surface area contributed by atoms with Gasteiger partial charge in [0.05, 0.1) is 0 Å². The van der Waals surface area contributed by atoms with Crippen LogP contribution < -0.4 is 5.73 Å². The number of nitrogens with two attached hydrogens (primary N) is 1. The van der Waals surface area contributed by atoms with Gasteiger partial charge in [-0.1, -0.05) is 0 Å². The number of alkyl halides is 3. The molecule has 1 atom stereocenters. The third kappa shape index (κ3) is 3.20. The van der Waals surface area contributed by atoms with Crippen LogP contribution in [0.2, 0.25) is 0 Å². The average Bonchev–Trinajstić information content (AvgIpc) is 2.67. The van der Waals surface area contributed by atoms with Crippen molar-refractivity contribution in [3.63, 3.8) is 0 Å². The molecule has 1 heterocycles. The third-order valence-corrected chi connectivity index (χ3v) is 3.85. The topological polar surface area (TPSA) is 26.0 Å². The minimum atomic E-state index is -4.19. The number of hydrogen-bond acceptors (Lipinski definition) is 2. The van der Waals surface area contributed by atoms with E-state index in [1.807, 2.05) is 0 Å². The third-order valence-electron chi connectivity index (χ3n) is 2.60. The zero-order chi connectivity index (χ0) is 13.3. The Labute approximate surface area is 105 Å². The van der Waals surface area contributed by atoms with E-state index in [4.69, 9.17) is 5.73 Å². The van der Waals surface area contributed by atoms with Crippen LogP contribution in [0.15, 0.2) is 24.3 Å². The van der Waals surface area contributed by atoms with Crippen LogP contribution in [-0.2, 0) is 0 Å². The fourth-order valence-electron chi connectivity index (χ4n) is 1.68. The van der Waals surface area contributed by atoms with E-state index in [9.17, 15) is 17.6 Å². The van der Waals surface area contributed by atoms with Crippen molar-refractivity contribution in [2.75, 3.05) is 0 Å². The second kappa shape index (κ2) is 4.85. The van der Waals surface area contributed by atoms with Crippen LogP contribution in [-0.4, -0.2) is 6.18 Å². The van der Waals surface area contributed by atoms with Gasteiger partial charge in [0, 0.05) is 22.0 Å². The van der Waals surface area contributed by atoms with Crippen molar-refractivity contribution in [3.05, 3.63) is 35.0 Å². The minimum Gasteiger partial charge on any atom is -0.323 e. The predicted molar refractivity (Wildman–Crippen MR) is 64.0 cm³/mol. The first kappa shape index (κ1) is 13.3. The normalized spacial score (nSPS) is 14.1. The Kier molecular flexibility index (Phi) is 3.59.